The van der Waals surface area contributed by atoms with Gasteiger partial charge in [-0.3, -0.25) is 14.4 Å². The van der Waals surface area contributed by atoms with Gasteiger partial charge in [0.15, 0.2) is 0 Å². The van der Waals surface area contributed by atoms with Gasteiger partial charge in [-0.2, -0.15) is 0 Å². The van der Waals surface area contributed by atoms with Gasteiger partial charge in [0.1, 0.15) is 0 Å². The number of hydrogen-bond acceptors (Lipinski definition) is 3. The van der Waals surface area contributed by atoms with Crippen LogP contribution in [-0.4, -0.2) is 31.2 Å². The predicted molar refractivity (Wildman–Crippen MR) is 116 cm³/mol. The molecule has 2 N–H and O–H groups in total. The first-order valence-corrected chi connectivity index (χ1v) is 11.4. The van der Waals surface area contributed by atoms with Crippen LogP contribution in [0.1, 0.15) is 103 Å². The third-order valence-corrected chi connectivity index (χ3v) is 4.75. The minimum absolute atomic E-state index is 0.0688. The largest absolute Gasteiger partial charge is 0.356 e. The van der Waals surface area contributed by atoms with Crippen molar-refractivity contribution in [1.29, 1.82) is 0 Å². The molecule has 162 valence electrons. The fourth-order valence-corrected chi connectivity index (χ4v) is 3.01. The quantitative estimate of drug-likeness (QED) is 0.134. The summed E-state index contributed by atoms with van der Waals surface area (Å²) in [4.78, 5) is 32.5. The van der Waals surface area contributed by atoms with E-state index in [1.165, 1.54) is 70.6 Å². The SMILES string of the molecule is CCCCCCCC/C=C\CCCCCCCC(=O)NCCCNC(=O)C=O. The molecule has 5 heteroatoms. The number of carbonyl (C=O) groups excluding carboxylic acids is 3. The second-order valence-corrected chi connectivity index (χ2v) is 7.45. The molecule has 0 atom stereocenters. The summed E-state index contributed by atoms with van der Waals surface area (Å²) in [6.45, 7) is 3.19. The highest BCUT2D eigenvalue weighted by Gasteiger charge is 2.01. The van der Waals surface area contributed by atoms with Crippen molar-refractivity contribution >= 4 is 18.1 Å². The number of aldehydes is 1. The third-order valence-electron chi connectivity index (χ3n) is 4.75. The summed E-state index contributed by atoms with van der Waals surface area (Å²) < 4.78 is 0. The number of unbranched alkanes of at least 4 members (excludes halogenated alkanes) is 11. The minimum Gasteiger partial charge on any atom is -0.356 e. The normalized spacial score (nSPS) is 10.9. The maximum Gasteiger partial charge on any atom is 0.284 e. The van der Waals surface area contributed by atoms with Gasteiger partial charge in [0.2, 0.25) is 12.2 Å². The molecule has 0 bridgehead atoms. The van der Waals surface area contributed by atoms with E-state index in [-0.39, 0.29) is 12.2 Å². The Labute approximate surface area is 172 Å². The molecule has 0 spiro atoms. The number of amides is 2. The maximum absolute atomic E-state index is 11.7. The van der Waals surface area contributed by atoms with Crippen molar-refractivity contribution in [1.82, 2.24) is 10.6 Å². The summed E-state index contributed by atoms with van der Waals surface area (Å²) in [7, 11) is 0. The molecule has 0 rings (SSSR count). The summed E-state index contributed by atoms with van der Waals surface area (Å²) in [5, 5.41) is 5.28. The summed E-state index contributed by atoms with van der Waals surface area (Å²) in [6.07, 6.45) is 22.4. The van der Waals surface area contributed by atoms with Gasteiger partial charge < -0.3 is 10.6 Å². The van der Waals surface area contributed by atoms with Gasteiger partial charge in [-0.05, 0) is 38.5 Å². The molecule has 28 heavy (non-hydrogen) atoms. The number of nitrogens with one attached hydrogen (secondary N) is 2. The van der Waals surface area contributed by atoms with E-state index in [9.17, 15) is 14.4 Å². The Morgan fingerprint density at radius 2 is 1.21 bits per heavy atom. The number of hydrogen-bond donors (Lipinski definition) is 2. The fraction of sp³-hybridized carbons (Fsp3) is 0.783. The maximum atomic E-state index is 11.7. The monoisotopic (exact) mass is 394 g/mol. The van der Waals surface area contributed by atoms with Crippen LogP contribution in [0.3, 0.4) is 0 Å². The molecular formula is C23H42N2O3. The van der Waals surface area contributed by atoms with Crippen LogP contribution in [0, 0.1) is 0 Å². The summed E-state index contributed by atoms with van der Waals surface area (Å²) >= 11 is 0. The van der Waals surface area contributed by atoms with Crippen LogP contribution in [0.25, 0.3) is 0 Å². The molecule has 0 saturated heterocycles. The van der Waals surface area contributed by atoms with Crippen molar-refractivity contribution in [3.63, 3.8) is 0 Å². The molecule has 0 saturated carbocycles. The molecular weight excluding hydrogens is 352 g/mol. The Balaban J connectivity index is 3.25. The van der Waals surface area contributed by atoms with E-state index in [2.05, 4.69) is 29.7 Å². The molecule has 0 aromatic rings. The Morgan fingerprint density at radius 3 is 1.82 bits per heavy atom. The van der Waals surface area contributed by atoms with Crippen LogP contribution < -0.4 is 10.6 Å². The molecule has 0 aliphatic carbocycles. The van der Waals surface area contributed by atoms with Crippen LogP contribution in [0.15, 0.2) is 12.2 Å². The molecule has 0 radical (unpaired) electrons. The van der Waals surface area contributed by atoms with E-state index in [1.807, 2.05) is 0 Å². The number of allylic oxidation sites excluding steroid dienone is 2. The Kier molecular flexibility index (Phi) is 20.4. The van der Waals surface area contributed by atoms with Gasteiger partial charge in [-0.1, -0.05) is 70.4 Å². The van der Waals surface area contributed by atoms with Crippen molar-refractivity contribution in [2.75, 3.05) is 13.1 Å². The van der Waals surface area contributed by atoms with E-state index >= 15 is 0 Å². The Hall–Kier alpha value is -1.65. The van der Waals surface area contributed by atoms with Crippen LogP contribution in [0.2, 0.25) is 0 Å². The lowest BCUT2D eigenvalue weighted by molar-refractivity contribution is -0.131. The van der Waals surface area contributed by atoms with E-state index < -0.39 is 5.91 Å². The fourth-order valence-electron chi connectivity index (χ4n) is 3.01. The smallest absolute Gasteiger partial charge is 0.284 e. The van der Waals surface area contributed by atoms with Crippen LogP contribution in [0.4, 0.5) is 0 Å². The van der Waals surface area contributed by atoms with Crippen molar-refractivity contribution in [3.8, 4) is 0 Å². The summed E-state index contributed by atoms with van der Waals surface area (Å²) in [5.74, 6) is -0.543. The molecule has 0 aromatic carbocycles. The highest BCUT2D eigenvalue weighted by molar-refractivity contribution is 6.23. The van der Waals surface area contributed by atoms with Gasteiger partial charge in [0.05, 0.1) is 0 Å². The van der Waals surface area contributed by atoms with Crippen molar-refractivity contribution < 1.29 is 14.4 Å². The van der Waals surface area contributed by atoms with Crippen molar-refractivity contribution in [3.05, 3.63) is 12.2 Å². The average molecular weight is 395 g/mol. The standard InChI is InChI=1S/C23H42N2O3/c1-2-3-4-5-6-7-8-9-10-11-12-13-14-15-16-18-22(27)24-19-17-20-25-23(28)21-26/h9-10,21H,2-8,11-20H2,1H3,(H,24,27)(H,25,28)/b10-9-. The third kappa shape index (κ3) is 20.7. The molecule has 0 aliphatic heterocycles. The molecule has 0 aliphatic rings. The van der Waals surface area contributed by atoms with Crippen LogP contribution >= 0.6 is 0 Å². The first-order valence-electron chi connectivity index (χ1n) is 11.4. The van der Waals surface area contributed by atoms with E-state index in [0.717, 1.165) is 12.8 Å². The van der Waals surface area contributed by atoms with Crippen molar-refractivity contribution in [2.24, 2.45) is 0 Å². The Morgan fingerprint density at radius 1 is 0.679 bits per heavy atom. The Bertz CT molecular complexity index is 422. The van der Waals surface area contributed by atoms with Gasteiger partial charge >= 0.3 is 0 Å². The second kappa shape index (κ2) is 21.6. The zero-order valence-electron chi connectivity index (χ0n) is 18.0. The molecule has 0 heterocycles. The van der Waals surface area contributed by atoms with Gasteiger partial charge in [0, 0.05) is 19.5 Å². The number of rotatable bonds is 20. The molecule has 2 amide bonds. The molecule has 5 nitrogen and oxygen atoms in total. The highest BCUT2D eigenvalue weighted by Crippen LogP contribution is 2.09. The molecule has 0 unspecified atom stereocenters. The average Bonchev–Trinajstić information content (AvgIpc) is 2.70. The lowest BCUT2D eigenvalue weighted by atomic mass is 10.1. The zero-order valence-corrected chi connectivity index (χ0v) is 18.0. The topological polar surface area (TPSA) is 75.3 Å². The second-order valence-electron chi connectivity index (χ2n) is 7.45. The lowest BCUT2D eigenvalue weighted by Crippen LogP contribution is -2.30. The van der Waals surface area contributed by atoms with Crippen LogP contribution in [-0.2, 0) is 14.4 Å². The molecule has 0 aromatic heterocycles. The van der Waals surface area contributed by atoms with E-state index in [0.29, 0.717) is 25.9 Å². The minimum atomic E-state index is -0.611. The number of carbonyl (C=O) groups is 3. The summed E-state index contributed by atoms with van der Waals surface area (Å²) in [6, 6.07) is 0. The predicted octanol–water partition coefficient (Wildman–Crippen LogP) is 4.85. The molecule has 0 fully saturated rings. The first-order chi connectivity index (χ1) is 13.7. The van der Waals surface area contributed by atoms with Gasteiger partial charge in [0.25, 0.3) is 5.91 Å². The van der Waals surface area contributed by atoms with Crippen LogP contribution in [0.5, 0.6) is 0 Å². The summed E-state index contributed by atoms with van der Waals surface area (Å²) in [5.41, 5.74) is 0. The van der Waals surface area contributed by atoms with Crippen molar-refractivity contribution in [2.45, 2.75) is 103 Å². The first kappa shape index (κ1) is 26.4. The zero-order chi connectivity index (χ0) is 20.7. The van der Waals surface area contributed by atoms with E-state index in [1.54, 1.807) is 0 Å². The van der Waals surface area contributed by atoms with Gasteiger partial charge in [-0.25, -0.2) is 0 Å². The highest BCUT2D eigenvalue weighted by atomic mass is 16.2. The lowest BCUT2D eigenvalue weighted by Gasteiger charge is -2.05. The van der Waals surface area contributed by atoms with E-state index in [4.69, 9.17) is 0 Å². The van der Waals surface area contributed by atoms with Gasteiger partial charge in [-0.15, -0.1) is 0 Å².